The molecule has 0 spiro atoms. The third-order valence-corrected chi connectivity index (χ3v) is 13.1. The van der Waals surface area contributed by atoms with Gasteiger partial charge in [-0.25, -0.2) is 4.57 Å². The van der Waals surface area contributed by atoms with Crippen molar-refractivity contribution in [3.63, 3.8) is 0 Å². The first-order valence-electron chi connectivity index (χ1n) is 25.7. The third-order valence-electron chi connectivity index (χ3n) is 12.1. The predicted octanol–water partition coefficient (Wildman–Crippen LogP) is 9.48. The van der Waals surface area contributed by atoms with Crippen LogP contribution < -0.4 is 5.32 Å². The maximum Gasteiger partial charge on any atom is 0.472 e. The van der Waals surface area contributed by atoms with Gasteiger partial charge < -0.3 is 46.0 Å². The number of hydrogen-bond donors (Lipinski definition) is 9. The van der Waals surface area contributed by atoms with E-state index in [1.165, 1.54) is 122 Å². The van der Waals surface area contributed by atoms with Gasteiger partial charge in [0.05, 0.1) is 31.3 Å². The zero-order valence-corrected chi connectivity index (χ0v) is 41.3. The highest BCUT2D eigenvalue weighted by molar-refractivity contribution is 7.47. The van der Waals surface area contributed by atoms with Crippen LogP contribution in [0.25, 0.3) is 0 Å². The zero-order valence-electron chi connectivity index (χ0n) is 40.4. The van der Waals surface area contributed by atoms with E-state index in [-0.39, 0.29) is 6.42 Å². The highest BCUT2D eigenvalue weighted by Gasteiger charge is 2.51. The van der Waals surface area contributed by atoms with Crippen LogP contribution in [0.2, 0.25) is 0 Å². The van der Waals surface area contributed by atoms with Crippen molar-refractivity contribution < 1.29 is 59.0 Å². The Morgan fingerprint density at radius 3 is 1.35 bits per heavy atom. The van der Waals surface area contributed by atoms with Crippen LogP contribution in [0.1, 0.15) is 206 Å². The molecule has 9 N–H and O–H groups in total. The lowest BCUT2D eigenvalue weighted by Gasteiger charge is -2.41. The molecular weight excluding hydrogens is 850 g/mol. The van der Waals surface area contributed by atoms with Gasteiger partial charge >= 0.3 is 7.82 Å². The number of amides is 1. The van der Waals surface area contributed by atoms with Gasteiger partial charge in [0.2, 0.25) is 5.91 Å². The van der Waals surface area contributed by atoms with Gasteiger partial charge in [-0.3, -0.25) is 13.8 Å². The van der Waals surface area contributed by atoms with Crippen molar-refractivity contribution in [3.8, 4) is 0 Å². The largest absolute Gasteiger partial charge is 0.472 e. The molecule has 1 aliphatic carbocycles. The number of aliphatic hydroxyl groups is 7. The summed E-state index contributed by atoms with van der Waals surface area (Å²) in [7, 11) is -5.16. The Hall–Kier alpha value is -1.74. The topological polar surface area (TPSA) is 226 Å². The van der Waals surface area contributed by atoms with Gasteiger partial charge in [-0.1, -0.05) is 178 Å². The average molecular weight is 944 g/mol. The summed E-state index contributed by atoms with van der Waals surface area (Å²) in [6.07, 6.45) is 34.9. The van der Waals surface area contributed by atoms with Gasteiger partial charge in [-0.05, 0) is 70.6 Å². The van der Waals surface area contributed by atoms with Crippen LogP contribution in [-0.4, -0.2) is 108 Å². The van der Waals surface area contributed by atoms with Gasteiger partial charge in [0.1, 0.15) is 36.6 Å². The maximum absolute atomic E-state index is 13.0. The molecule has 0 aromatic carbocycles. The monoisotopic (exact) mass is 944 g/mol. The number of aliphatic hydroxyl groups excluding tert-OH is 7. The minimum atomic E-state index is -5.16. The lowest BCUT2D eigenvalue weighted by molar-refractivity contribution is -0.220. The number of rotatable bonds is 42. The van der Waals surface area contributed by atoms with Gasteiger partial charge in [-0.2, -0.15) is 0 Å². The minimum absolute atomic E-state index is 0.267. The fraction of sp³-hybridized carbons (Fsp3) is 0.824. The van der Waals surface area contributed by atoms with Crippen LogP contribution in [0.4, 0.5) is 0 Å². The van der Waals surface area contributed by atoms with Gasteiger partial charge in [0.25, 0.3) is 0 Å². The van der Waals surface area contributed by atoms with Crippen molar-refractivity contribution in [2.75, 3.05) is 6.61 Å². The first-order valence-corrected chi connectivity index (χ1v) is 27.2. The van der Waals surface area contributed by atoms with Crippen molar-refractivity contribution in [2.24, 2.45) is 0 Å². The van der Waals surface area contributed by atoms with Crippen LogP contribution in [0.15, 0.2) is 48.6 Å². The second kappa shape index (κ2) is 40.2. The molecule has 13 nitrogen and oxygen atoms in total. The number of unbranched alkanes of at least 4 members (excludes halogenated alkanes) is 23. The molecule has 0 saturated heterocycles. The fourth-order valence-corrected chi connectivity index (χ4v) is 8.88. The molecule has 8 unspecified atom stereocenters. The molecule has 0 bridgehead atoms. The molecule has 1 fully saturated rings. The number of phosphoric acid groups is 1. The van der Waals surface area contributed by atoms with Gasteiger partial charge in [0.15, 0.2) is 0 Å². The number of allylic oxidation sites excluding steroid dienone is 7. The zero-order chi connectivity index (χ0) is 48.0. The molecule has 14 heteroatoms. The Bertz CT molecular complexity index is 1300. The Labute approximate surface area is 393 Å². The normalized spacial score (nSPS) is 22.9. The van der Waals surface area contributed by atoms with Crippen LogP contribution >= 0.6 is 7.82 Å². The molecule has 65 heavy (non-hydrogen) atoms. The molecule has 0 radical (unpaired) electrons. The summed E-state index contributed by atoms with van der Waals surface area (Å²) in [5.74, 6) is -0.616. The second-order valence-corrected chi connectivity index (χ2v) is 19.6. The van der Waals surface area contributed by atoms with Gasteiger partial charge in [-0.15, -0.1) is 0 Å². The number of carbonyl (C=O) groups excluding carboxylic acids is 1. The van der Waals surface area contributed by atoms with E-state index in [1.54, 1.807) is 6.08 Å². The van der Waals surface area contributed by atoms with E-state index in [1.807, 2.05) is 0 Å². The summed E-state index contributed by atoms with van der Waals surface area (Å²) >= 11 is 0. The highest BCUT2D eigenvalue weighted by Crippen LogP contribution is 2.47. The molecule has 380 valence electrons. The molecule has 1 rings (SSSR count). The van der Waals surface area contributed by atoms with Crippen LogP contribution in [0.5, 0.6) is 0 Å². The second-order valence-electron chi connectivity index (χ2n) is 18.2. The van der Waals surface area contributed by atoms with Crippen LogP contribution in [0, 0.1) is 0 Å². The van der Waals surface area contributed by atoms with Crippen molar-refractivity contribution >= 4 is 13.7 Å². The molecular formula is C51H94NO12P. The standard InChI is InChI=1S/C51H94NO12P/c1-3-5-7-9-11-13-15-17-19-20-21-22-23-24-25-27-29-31-33-35-37-39-44(54)43(41-63-65(61,62)64-51-49(59)47(57)46(56)48(58)50(51)60)52-45(55)40-42(53)38-36-34-32-30-28-26-18-16-14-12-10-8-6-4-2/h23-24,26,28-29,31,37,39,42-44,46-51,53-54,56-60H,3-22,25,27,30,32-36,38,40-41H2,1-2H3,(H,52,55)(H,61,62)/b24-23+,28-26-,31-29+,39-37+. The highest BCUT2D eigenvalue weighted by atomic mass is 31.2. The van der Waals surface area contributed by atoms with E-state index in [0.29, 0.717) is 19.3 Å². The van der Waals surface area contributed by atoms with Gasteiger partial charge in [0, 0.05) is 0 Å². The quantitative estimate of drug-likeness (QED) is 0.0158. The number of hydrogen-bond acceptors (Lipinski definition) is 11. The molecule has 0 heterocycles. The first kappa shape index (κ1) is 61.3. The molecule has 0 aromatic rings. The van der Waals surface area contributed by atoms with E-state index < -0.39 is 75.2 Å². The van der Waals surface area contributed by atoms with Crippen molar-refractivity contribution in [1.82, 2.24) is 5.32 Å². The summed E-state index contributed by atoms with van der Waals surface area (Å²) in [6.45, 7) is 3.73. The Morgan fingerprint density at radius 1 is 0.538 bits per heavy atom. The van der Waals surface area contributed by atoms with E-state index in [4.69, 9.17) is 9.05 Å². The average Bonchev–Trinajstić information content (AvgIpc) is 3.28. The van der Waals surface area contributed by atoms with Crippen LogP contribution in [0.3, 0.4) is 0 Å². The summed E-state index contributed by atoms with van der Waals surface area (Å²) in [5, 5.41) is 74.6. The lowest BCUT2D eigenvalue weighted by atomic mass is 9.85. The molecule has 8 atom stereocenters. The lowest BCUT2D eigenvalue weighted by Crippen LogP contribution is -2.64. The molecule has 0 aliphatic heterocycles. The van der Waals surface area contributed by atoms with Crippen LogP contribution in [-0.2, 0) is 18.4 Å². The smallest absolute Gasteiger partial charge is 0.393 e. The van der Waals surface area contributed by atoms with E-state index in [0.717, 1.165) is 51.4 Å². The Kier molecular flexibility index (Phi) is 37.9. The van der Waals surface area contributed by atoms with Crippen molar-refractivity contribution in [2.45, 2.75) is 261 Å². The summed E-state index contributed by atoms with van der Waals surface area (Å²) in [6, 6.07) is -1.27. The summed E-state index contributed by atoms with van der Waals surface area (Å²) in [4.78, 5) is 23.5. The summed E-state index contributed by atoms with van der Waals surface area (Å²) in [5.41, 5.74) is 0. The summed E-state index contributed by atoms with van der Waals surface area (Å²) < 4.78 is 22.9. The predicted molar refractivity (Wildman–Crippen MR) is 261 cm³/mol. The fourth-order valence-electron chi connectivity index (χ4n) is 7.91. The third kappa shape index (κ3) is 31.8. The van der Waals surface area contributed by atoms with E-state index >= 15 is 0 Å². The Morgan fingerprint density at radius 2 is 0.908 bits per heavy atom. The van der Waals surface area contributed by atoms with E-state index in [2.05, 4.69) is 55.6 Å². The maximum atomic E-state index is 13.0. The first-order chi connectivity index (χ1) is 31.3. The molecule has 0 aromatic heterocycles. The Balaban J connectivity index is 2.55. The number of carbonyl (C=O) groups is 1. The van der Waals surface area contributed by atoms with E-state index in [9.17, 15) is 50.0 Å². The molecule has 1 aliphatic rings. The minimum Gasteiger partial charge on any atom is -0.393 e. The SMILES string of the molecule is CCCCCCCCC/C=C\CCCCCC(O)CC(=O)NC(COP(=O)(O)OC1C(O)C(O)C(O)C(O)C1O)C(O)/C=C/CC/C=C/CC/C=C/CCCCCCCCCCCCC. The molecule has 1 saturated carbocycles. The van der Waals surface area contributed by atoms with Crippen molar-refractivity contribution in [1.29, 1.82) is 0 Å². The number of phosphoric ester groups is 1. The molecule has 1 amide bonds. The van der Waals surface area contributed by atoms with Crippen molar-refractivity contribution in [3.05, 3.63) is 48.6 Å². The number of nitrogens with one attached hydrogen (secondary N) is 1.